The van der Waals surface area contributed by atoms with Crippen LogP contribution in [0.15, 0.2) is 22.7 Å². The number of benzene rings is 1. The summed E-state index contributed by atoms with van der Waals surface area (Å²) in [6.07, 6.45) is 0.680. The second-order valence-electron chi connectivity index (χ2n) is 5.38. The van der Waals surface area contributed by atoms with Crippen molar-refractivity contribution in [1.29, 1.82) is 0 Å². The van der Waals surface area contributed by atoms with E-state index in [4.69, 9.17) is 9.47 Å². The minimum absolute atomic E-state index is 0.107. The molecule has 1 rings (SSSR count). The van der Waals surface area contributed by atoms with Crippen LogP contribution in [0.5, 0.6) is 5.75 Å². The second-order valence-corrected chi connectivity index (χ2v) is 6.23. The first-order valence-electron chi connectivity index (χ1n) is 7.71. The molecule has 0 spiro atoms. The van der Waals surface area contributed by atoms with Gasteiger partial charge in [-0.05, 0) is 40.0 Å². The third-order valence-corrected chi connectivity index (χ3v) is 4.33. The van der Waals surface area contributed by atoms with Crippen LogP contribution in [0.25, 0.3) is 0 Å². The van der Waals surface area contributed by atoms with Crippen molar-refractivity contribution in [2.75, 3.05) is 20.8 Å². The maximum atomic E-state index is 12.0. The largest absolute Gasteiger partial charge is 0.496 e. The molecule has 1 N–H and O–H groups in total. The fourth-order valence-electron chi connectivity index (χ4n) is 2.02. The summed E-state index contributed by atoms with van der Waals surface area (Å²) < 4.78 is 15.3. The number of methoxy groups -OCH3 is 2. The SMILES string of the molecule is CC[C@H](C)[C@H](NC(=O)COC(=O)c1ccc(OC)c(Br)c1)C(=O)OC. The molecule has 138 valence electrons. The molecule has 0 bridgehead atoms. The van der Waals surface area contributed by atoms with Gasteiger partial charge in [0, 0.05) is 0 Å². The van der Waals surface area contributed by atoms with Gasteiger partial charge >= 0.3 is 11.9 Å². The quantitative estimate of drug-likeness (QED) is 0.655. The Hall–Kier alpha value is -2.09. The van der Waals surface area contributed by atoms with Gasteiger partial charge < -0.3 is 19.5 Å². The number of carbonyl (C=O) groups excluding carboxylic acids is 3. The van der Waals surface area contributed by atoms with Crippen molar-refractivity contribution in [2.24, 2.45) is 5.92 Å². The van der Waals surface area contributed by atoms with Crippen molar-refractivity contribution in [2.45, 2.75) is 26.3 Å². The molecule has 1 aromatic rings. The summed E-state index contributed by atoms with van der Waals surface area (Å²) in [4.78, 5) is 35.7. The number of hydrogen-bond acceptors (Lipinski definition) is 6. The third-order valence-electron chi connectivity index (χ3n) is 3.71. The number of rotatable bonds is 8. The molecule has 1 amide bonds. The van der Waals surface area contributed by atoms with Gasteiger partial charge in [-0.25, -0.2) is 9.59 Å². The monoisotopic (exact) mass is 415 g/mol. The zero-order valence-corrected chi connectivity index (χ0v) is 16.2. The maximum Gasteiger partial charge on any atom is 0.338 e. The first-order valence-corrected chi connectivity index (χ1v) is 8.51. The van der Waals surface area contributed by atoms with E-state index in [9.17, 15) is 14.4 Å². The molecule has 0 saturated heterocycles. The summed E-state index contributed by atoms with van der Waals surface area (Å²) >= 11 is 3.27. The molecule has 0 radical (unpaired) electrons. The maximum absolute atomic E-state index is 12.0. The minimum atomic E-state index is -0.781. The second kappa shape index (κ2) is 10.0. The topological polar surface area (TPSA) is 90.9 Å². The molecular weight excluding hydrogens is 394 g/mol. The van der Waals surface area contributed by atoms with Crippen LogP contribution in [0.1, 0.15) is 30.6 Å². The number of halogens is 1. The molecule has 0 unspecified atom stereocenters. The van der Waals surface area contributed by atoms with E-state index in [-0.39, 0.29) is 11.5 Å². The Morgan fingerprint density at radius 1 is 1.24 bits per heavy atom. The molecule has 0 aliphatic rings. The third kappa shape index (κ3) is 6.04. The van der Waals surface area contributed by atoms with Crippen molar-refractivity contribution in [3.05, 3.63) is 28.2 Å². The van der Waals surface area contributed by atoms with E-state index in [1.165, 1.54) is 26.4 Å². The van der Waals surface area contributed by atoms with Gasteiger partial charge in [-0.3, -0.25) is 4.79 Å². The molecule has 1 aromatic carbocycles. The van der Waals surface area contributed by atoms with E-state index < -0.39 is 30.5 Å². The summed E-state index contributed by atoms with van der Waals surface area (Å²) in [7, 11) is 2.77. The van der Waals surface area contributed by atoms with Crippen molar-refractivity contribution in [1.82, 2.24) is 5.32 Å². The van der Waals surface area contributed by atoms with Gasteiger partial charge in [0.05, 0.1) is 24.3 Å². The van der Waals surface area contributed by atoms with Gasteiger partial charge in [0.2, 0.25) is 0 Å². The molecule has 0 aromatic heterocycles. The average Bonchev–Trinajstić information content (AvgIpc) is 2.62. The Balaban J connectivity index is 2.64. The predicted octanol–water partition coefficient (Wildman–Crippen LogP) is 2.32. The number of ether oxygens (including phenoxy) is 3. The lowest BCUT2D eigenvalue weighted by Gasteiger charge is -2.21. The van der Waals surface area contributed by atoms with E-state index >= 15 is 0 Å². The molecular formula is C17H22BrNO6. The van der Waals surface area contributed by atoms with E-state index in [1.807, 2.05) is 13.8 Å². The van der Waals surface area contributed by atoms with Crippen LogP contribution in [0, 0.1) is 5.92 Å². The van der Waals surface area contributed by atoms with Crippen LogP contribution in [-0.4, -0.2) is 44.7 Å². The molecule has 0 saturated carbocycles. The molecule has 7 nitrogen and oxygen atoms in total. The number of esters is 2. The van der Waals surface area contributed by atoms with Crippen LogP contribution in [0.3, 0.4) is 0 Å². The van der Waals surface area contributed by atoms with E-state index in [0.29, 0.717) is 16.6 Å². The molecule has 0 fully saturated rings. The number of hydrogen-bond donors (Lipinski definition) is 1. The van der Waals surface area contributed by atoms with Crippen LogP contribution in [0.4, 0.5) is 0 Å². The standard InChI is InChI=1S/C17H22BrNO6/c1-5-10(2)15(17(22)24-4)19-14(20)9-25-16(21)11-6-7-13(23-3)12(18)8-11/h6-8,10,15H,5,9H2,1-4H3,(H,19,20)/t10-,15-/m0/s1. The fraction of sp³-hybridized carbons (Fsp3) is 0.471. The summed E-state index contributed by atoms with van der Waals surface area (Å²) in [6.45, 7) is 3.23. The Kier molecular flexibility index (Phi) is 8.40. The van der Waals surface area contributed by atoms with Gasteiger partial charge in [-0.15, -0.1) is 0 Å². The van der Waals surface area contributed by atoms with Crippen molar-refractivity contribution in [3.8, 4) is 5.75 Å². The zero-order chi connectivity index (χ0) is 19.0. The summed E-state index contributed by atoms with van der Waals surface area (Å²) in [5.74, 6) is -1.30. The van der Waals surface area contributed by atoms with Crippen LogP contribution in [0.2, 0.25) is 0 Å². The molecule has 0 aliphatic heterocycles. The van der Waals surface area contributed by atoms with Gasteiger partial charge in [-0.2, -0.15) is 0 Å². The lowest BCUT2D eigenvalue weighted by Crippen LogP contribution is -2.47. The summed E-state index contributed by atoms with van der Waals surface area (Å²) in [5, 5.41) is 2.53. The van der Waals surface area contributed by atoms with Gasteiger partial charge in [0.25, 0.3) is 5.91 Å². The highest BCUT2D eigenvalue weighted by molar-refractivity contribution is 9.10. The van der Waals surface area contributed by atoms with Crippen LogP contribution in [-0.2, 0) is 19.1 Å². The van der Waals surface area contributed by atoms with Crippen LogP contribution >= 0.6 is 15.9 Å². The molecule has 8 heteroatoms. The highest BCUT2D eigenvalue weighted by atomic mass is 79.9. The Morgan fingerprint density at radius 3 is 2.44 bits per heavy atom. The zero-order valence-electron chi connectivity index (χ0n) is 14.6. The Bertz CT molecular complexity index is 634. The van der Waals surface area contributed by atoms with E-state index in [2.05, 4.69) is 26.0 Å². The average molecular weight is 416 g/mol. The highest BCUT2D eigenvalue weighted by Crippen LogP contribution is 2.25. The van der Waals surface area contributed by atoms with Crippen molar-refractivity contribution in [3.63, 3.8) is 0 Å². The Labute approximate surface area is 155 Å². The smallest absolute Gasteiger partial charge is 0.338 e. The van der Waals surface area contributed by atoms with Crippen LogP contribution < -0.4 is 10.1 Å². The molecule has 0 heterocycles. The minimum Gasteiger partial charge on any atom is -0.496 e. The Morgan fingerprint density at radius 2 is 1.92 bits per heavy atom. The highest BCUT2D eigenvalue weighted by Gasteiger charge is 2.27. The van der Waals surface area contributed by atoms with E-state index in [0.717, 1.165) is 0 Å². The lowest BCUT2D eigenvalue weighted by molar-refractivity contribution is -0.147. The fourth-order valence-corrected chi connectivity index (χ4v) is 2.56. The number of carbonyl (C=O) groups is 3. The number of nitrogens with one attached hydrogen (secondary N) is 1. The summed E-state index contributed by atoms with van der Waals surface area (Å²) in [6, 6.07) is 3.89. The van der Waals surface area contributed by atoms with Crippen molar-refractivity contribution < 1.29 is 28.6 Å². The van der Waals surface area contributed by atoms with Gasteiger partial charge in [0.15, 0.2) is 6.61 Å². The van der Waals surface area contributed by atoms with E-state index in [1.54, 1.807) is 6.07 Å². The molecule has 2 atom stereocenters. The predicted molar refractivity (Wildman–Crippen MR) is 94.4 cm³/mol. The van der Waals surface area contributed by atoms with Gasteiger partial charge in [-0.1, -0.05) is 20.3 Å². The lowest BCUT2D eigenvalue weighted by atomic mass is 9.99. The number of amides is 1. The molecule has 25 heavy (non-hydrogen) atoms. The molecule has 0 aliphatic carbocycles. The normalized spacial score (nSPS) is 12.7. The van der Waals surface area contributed by atoms with Crippen molar-refractivity contribution >= 4 is 33.8 Å². The summed E-state index contributed by atoms with van der Waals surface area (Å²) in [5.41, 5.74) is 0.270. The van der Waals surface area contributed by atoms with Gasteiger partial charge in [0.1, 0.15) is 11.8 Å². The first kappa shape index (κ1) is 21.0. The first-order chi connectivity index (χ1) is 11.8.